The normalized spacial score (nSPS) is 21.3. The maximum atomic E-state index is 11.5. The van der Waals surface area contributed by atoms with Crippen molar-refractivity contribution < 1.29 is 9.53 Å². The second kappa shape index (κ2) is 3.96. The molecule has 0 bridgehead atoms. The van der Waals surface area contributed by atoms with Gasteiger partial charge in [0.15, 0.2) is 0 Å². The number of piperazine rings is 1. The average molecular weight is 186 g/mol. The van der Waals surface area contributed by atoms with E-state index in [1.807, 2.05) is 20.8 Å². The molecule has 0 aromatic rings. The van der Waals surface area contributed by atoms with Gasteiger partial charge in [0.1, 0.15) is 0 Å². The Labute approximate surface area is 79.2 Å². The molecule has 0 radical (unpaired) electrons. The van der Waals surface area contributed by atoms with Crippen LogP contribution in [0.3, 0.4) is 0 Å². The van der Waals surface area contributed by atoms with Crippen molar-refractivity contribution in [2.75, 3.05) is 26.2 Å². The van der Waals surface area contributed by atoms with Gasteiger partial charge >= 0.3 is 6.09 Å². The minimum Gasteiger partial charge on any atom is -0.450 e. The Bertz CT molecular complexity index is 192. The van der Waals surface area contributed by atoms with E-state index in [9.17, 15) is 4.79 Å². The Morgan fingerprint density at radius 1 is 1.62 bits per heavy atom. The molecular formula is C9H18N2O2. The van der Waals surface area contributed by atoms with E-state index >= 15 is 0 Å². The van der Waals surface area contributed by atoms with Crippen LogP contribution in [0.25, 0.3) is 0 Å². The molecule has 0 unspecified atom stereocenters. The number of hydrogen-bond donors (Lipinski definition) is 1. The summed E-state index contributed by atoms with van der Waals surface area (Å²) in [6.45, 7) is 8.75. The first-order chi connectivity index (χ1) is 6.08. The molecule has 1 fully saturated rings. The maximum absolute atomic E-state index is 11.5. The van der Waals surface area contributed by atoms with Gasteiger partial charge in [0.25, 0.3) is 0 Å². The summed E-state index contributed by atoms with van der Waals surface area (Å²) < 4.78 is 4.98. The summed E-state index contributed by atoms with van der Waals surface area (Å²) in [4.78, 5) is 13.3. The molecule has 4 nitrogen and oxygen atoms in total. The molecule has 13 heavy (non-hydrogen) atoms. The molecule has 4 heteroatoms. The monoisotopic (exact) mass is 186 g/mol. The van der Waals surface area contributed by atoms with Crippen molar-refractivity contribution in [1.29, 1.82) is 0 Å². The van der Waals surface area contributed by atoms with Gasteiger partial charge in [-0.3, -0.25) is 0 Å². The lowest BCUT2D eigenvalue weighted by Gasteiger charge is -2.41. The van der Waals surface area contributed by atoms with E-state index in [0.29, 0.717) is 6.61 Å². The number of nitrogens with one attached hydrogen (secondary N) is 1. The van der Waals surface area contributed by atoms with Gasteiger partial charge in [0.2, 0.25) is 0 Å². The average Bonchev–Trinajstić information content (AvgIpc) is 2.03. The highest BCUT2D eigenvalue weighted by Gasteiger charge is 2.33. The highest BCUT2D eigenvalue weighted by atomic mass is 16.6. The Morgan fingerprint density at radius 2 is 2.31 bits per heavy atom. The third-order valence-electron chi connectivity index (χ3n) is 2.29. The summed E-state index contributed by atoms with van der Waals surface area (Å²) in [5.74, 6) is 0. The number of nitrogens with zero attached hydrogens (tertiary/aromatic N) is 1. The third-order valence-corrected chi connectivity index (χ3v) is 2.29. The topological polar surface area (TPSA) is 41.6 Å². The van der Waals surface area contributed by atoms with Crippen LogP contribution in [0.5, 0.6) is 0 Å². The molecule has 0 aliphatic carbocycles. The molecule has 1 aliphatic rings. The van der Waals surface area contributed by atoms with E-state index in [1.54, 1.807) is 4.90 Å². The number of ether oxygens (including phenoxy) is 1. The molecule has 1 N–H and O–H groups in total. The fourth-order valence-electron chi connectivity index (χ4n) is 1.52. The molecule has 1 amide bonds. The number of carbonyl (C=O) groups is 1. The Kier molecular flexibility index (Phi) is 3.14. The van der Waals surface area contributed by atoms with Gasteiger partial charge in [-0.1, -0.05) is 0 Å². The van der Waals surface area contributed by atoms with Crippen LogP contribution >= 0.6 is 0 Å². The summed E-state index contributed by atoms with van der Waals surface area (Å²) in [5, 5.41) is 3.25. The fourth-order valence-corrected chi connectivity index (χ4v) is 1.52. The van der Waals surface area contributed by atoms with Gasteiger partial charge in [-0.05, 0) is 20.8 Å². The molecule has 0 spiro atoms. The molecule has 0 atom stereocenters. The van der Waals surface area contributed by atoms with Crippen LogP contribution in [-0.2, 0) is 4.74 Å². The smallest absolute Gasteiger partial charge is 0.410 e. The van der Waals surface area contributed by atoms with Crippen molar-refractivity contribution in [3.8, 4) is 0 Å². The second-order valence-corrected chi connectivity index (χ2v) is 3.84. The quantitative estimate of drug-likeness (QED) is 0.659. The van der Waals surface area contributed by atoms with Crippen LogP contribution in [0, 0.1) is 0 Å². The molecule has 1 rings (SSSR count). The standard InChI is InChI=1S/C9H18N2O2/c1-4-13-8(12)11-6-5-10-7-9(11,2)3/h10H,4-7H2,1-3H3. The van der Waals surface area contributed by atoms with Crippen LogP contribution in [-0.4, -0.2) is 42.8 Å². The zero-order chi connectivity index (χ0) is 9.90. The van der Waals surface area contributed by atoms with Gasteiger partial charge in [-0.25, -0.2) is 4.79 Å². The Morgan fingerprint density at radius 3 is 2.85 bits per heavy atom. The lowest BCUT2D eigenvalue weighted by atomic mass is 10.0. The fraction of sp³-hybridized carbons (Fsp3) is 0.889. The van der Waals surface area contributed by atoms with Crippen molar-refractivity contribution in [3.63, 3.8) is 0 Å². The van der Waals surface area contributed by atoms with E-state index < -0.39 is 0 Å². The summed E-state index contributed by atoms with van der Waals surface area (Å²) in [7, 11) is 0. The Hall–Kier alpha value is -0.770. The van der Waals surface area contributed by atoms with Gasteiger partial charge in [0, 0.05) is 19.6 Å². The van der Waals surface area contributed by atoms with Gasteiger partial charge in [-0.15, -0.1) is 0 Å². The Balaban J connectivity index is 2.59. The van der Waals surface area contributed by atoms with E-state index in [4.69, 9.17) is 4.74 Å². The van der Waals surface area contributed by atoms with Gasteiger partial charge in [0.05, 0.1) is 12.1 Å². The van der Waals surface area contributed by atoms with Gasteiger partial charge in [-0.2, -0.15) is 0 Å². The van der Waals surface area contributed by atoms with Crippen LogP contribution in [0.15, 0.2) is 0 Å². The lowest BCUT2D eigenvalue weighted by molar-refractivity contribution is 0.0530. The van der Waals surface area contributed by atoms with Crippen LogP contribution < -0.4 is 5.32 Å². The minimum absolute atomic E-state index is 0.134. The maximum Gasteiger partial charge on any atom is 0.410 e. The van der Waals surface area contributed by atoms with Crippen LogP contribution in [0.4, 0.5) is 4.79 Å². The zero-order valence-corrected chi connectivity index (χ0v) is 8.59. The van der Waals surface area contributed by atoms with Crippen molar-refractivity contribution in [1.82, 2.24) is 10.2 Å². The summed E-state index contributed by atoms with van der Waals surface area (Å²) in [6.07, 6.45) is -0.200. The molecule has 0 saturated carbocycles. The highest BCUT2D eigenvalue weighted by molar-refractivity contribution is 5.68. The summed E-state index contributed by atoms with van der Waals surface area (Å²) in [5.41, 5.74) is -0.134. The van der Waals surface area contributed by atoms with E-state index in [0.717, 1.165) is 19.6 Å². The first kappa shape index (κ1) is 10.3. The number of rotatable bonds is 1. The van der Waals surface area contributed by atoms with Gasteiger partial charge < -0.3 is 15.0 Å². The molecule has 0 aromatic heterocycles. The van der Waals surface area contributed by atoms with E-state index in [1.165, 1.54) is 0 Å². The molecule has 76 valence electrons. The van der Waals surface area contributed by atoms with E-state index in [2.05, 4.69) is 5.32 Å². The van der Waals surface area contributed by atoms with Crippen LogP contribution in [0.2, 0.25) is 0 Å². The first-order valence-electron chi connectivity index (χ1n) is 4.73. The number of amides is 1. The largest absolute Gasteiger partial charge is 0.450 e. The highest BCUT2D eigenvalue weighted by Crippen LogP contribution is 2.16. The molecule has 0 aromatic carbocycles. The predicted octanol–water partition coefficient (Wildman–Crippen LogP) is 0.827. The molecular weight excluding hydrogens is 168 g/mol. The van der Waals surface area contributed by atoms with Crippen molar-refractivity contribution in [2.24, 2.45) is 0 Å². The number of carbonyl (C=O) groups excluding carboxylic acids is 1. The molecule has 1 heterocycles. The molecule has 1 saturated heterocycles. The van der Waals surface area contributed by atoms with Crippen molar-refractivity contribution in [2.45, 2.75) is 26.3 Å². The van der Waals surface area contributed by atoms with Crippen molar-refractivity contribution >= 4 is 6.09 Å². The van der Waals surface area contributed by atoms with Crippen LogP contribution in [0.1, 0.15) is 20.8 Å². The summed E-state index contributed by atoms with van der Waals surface area (Å²) in [6, 6.07) is 0. The SMILES string of the molecule is CCOC(=O)N1CCNCC1(C)C. The first-order valence-corrected chi connectivity index (χ1v) is 4.73. The predicted molar refractivity (Wildman–Crippen MR) is 50.7 cm³/mol. The second-order valence-electron chi connectivity index (χ2n) is 3.84. The lowest BCUT2D eigenvalue weighted by Crippen LogP contribution is -2.59. The number of hydrogen-bond acceptors (Lipinski definition) is 3. The summed E-state index contributed by atoms with van der Waals surface area (Å²) >= 11 is 0. The minimum atomic E-state index is -0.200. The molecule has 1 aliphatic heterocycles. The third kappa shape index (κ3) is 2.34. The zero-order valence-electron chi connectivity index (χ0n) is 8.59. The van der Waals surface area contributed by atoms with E-state index in [-0.39, 0.29) is 11.6 Å². The van der Waals surface area contributed by atoms with Crippen molar-refractivity contribution in [3.05, 3.63) is 0 Å².